The number of hydrogen-bond donors (Lipinski definition) is 1. The van der Waals surface area contributed by atoms with Gasteiger partial charge in [-0.2, -0.15) is 0 Å². The van der Waals surface area contributed by atoms with Crippen LogP contribution in [0.25, 0.3) is 6.08 Å². The molecule has 1 heterocycles. The Labute approximate surface area is 122 Å². The Morgan fingerprint density at radius 2 is 1.86 bits per heavy atom. The van der Waals surface area contributed by atoms with Gasteiger partial charge in [-0.05, 0) is 42.2 Å². The van der Waals surface area contributed by atoms with Gasteiger partial charge in [-0.25, -0.2) is 4.79 Å². The molecule has 1 aliphatic rings. The zero-order valence-corrected chi connectivity index (χ0v) is 12.0. The summed E-state index contributed by atoms with van der Waals surface area (Å²) < 4.78 is 0. The van der Waals surface area contributed by atoms with E-state index < -0.39 is 5.97 Å². The largest absolute Gasteiger partial charge is 0.478 e. The molecule has 110 valence electrons. The minimum Gasteiger partial charge on any atom is -0.478 e. The van der Waals surface area contributed by atoms with Gasteiger partial charge in [-0.3, -0.25) is 14.5 Å². The summed E-state index contributed by atoms with van der Waals surface area (Å²) in [5.41, 5.74) is 2.00. The summed E-state index contributed by atoms with van der Waals surface area (Å²) >= 11 is 0. The van der Waals surface area contributed by atoms with E-state index in [1.165, 1.54) is 11.0 Å². The van der Waals surface area contributed by atoms with Crippen LogP contribution in [0.4, 0.5) is 5.69 Å². The number of carboxylic acid groups (broad SMARTS) is 1. The molecule has 0 spiro atoms. The molecule has 2 rings (SSSR count). The topological polar surface area (TPSA) is 74.7 Å². The van der Waals surface area contributed by atoms with E-state index in [0.29, 0.717) is 24.1 Å². The number of amides is 2. The van der Waals surface area contributed by atoms with Crippen molar-refractivity contribution in [3.05, 3.63) is 35.4 Å². The molecule has 1 aromatic rings. The molecule has 21 heavy (non-hydrogen) atoms. The number of rotatable bonds is 3. The van der Waals surface area contributed by atoms with Crippen LogP contribution in [0.15, 0.2) is 24.3 Å². The zero-order chi connectivity index (χ0) is 15.6. The first-order chi connectivity index (χ1) is 9.86. The minimum atomic E-state index is -1.04. The van der Waals surface area contributed by atoms with Gasteiger partial charge in [0, 0.05) is 18.9 Å². The highest BCUT2D eigenvalue weighted by Crippen LogP contribution is 2.27. The fourth-order valence-corrected chi connectivity index (χ4v) is 2.46. The van der Waals surface area contributed by atoms with Gasteiger partial charge in [0.25, 0.3) is 0 Å². The summed E-state index contributed by atoms with van der Waals surface area (Å²) in [6.45, 7) is 3.72. The van der Waals surface area contributed by atoms with Gasteiger partial charge >= 0.3 is 5.97 Å². The quantitative estimate of drug-likeness (QED) is 0.684. The summed E-state index contributed by atoms with van der Waals surface area (Å²) in [7, 11) is 0. The van der Waals surface area contributed by atoms with Crippen LogP contribution in [0, 0.1) is 12.8 Å². The van der Waals surface area contributed by atoms with Crippen molar-refractivity contribution in [3.8, 4) is 0 Å². The molecule has 1 saturated heterocycles. The highest BCUT2D eigenvalue weighted by molar-refractivity contribution is 6.16. The molecule has 1 fully saturated rings. The van der Waals surface area contributed by atoms with Gasteiger partial charge in [0.1, 0.15) is 0 Å². The fraction of sp³-hybridized carbons (Fsp3) is 0.312. The molecule has 5 heteroatoms. The first-order valence-electron chi connectivity index (χ1n) is 6.75. The number of aliphatic carboxylic acids is 1. The number of carbonyl (C=O) groups is 3. The smallest absolute Gasteiger partial charge is 0.328 e. The second-order valence-electron chi connectivity index (χ2n) is 5.41. The van der Waals surface area contributed by atoms with Crippen LogP contribution in [-0.4, -0.2) is 22.9 Å². The van der Waals surface area contributed by atoms with Gasteiger partial charge in [0.15, 0.2) is 0 Å². The van der Waals surface area contributed by atoms with Crippen LogP contribution in [0.3, 0.4) is 0 Å². The van der Waals surface area contributed by atoms with E-state index in [9.17, 15) is 14.4 Å². The maximum atomic E-state index is 12.1. The third kappa shape index (κ3) is 3.56. The second-order valence-corrected chi connectivity index (χ2v) is 5.41. The minimum absolute atomic E-state index is 0.0671. The Bertz CT molecular complexity index is 615. The molecule has 0 bridgehead atoms. The second kappa shape index (κ2) is 5.91. The number of aryl methyl sites for hydroxylation is 1. The van der Waals surface area contributed by atoms with Crippen LogP contribution < -0.4 is 4.90 Å². The molecular weight excluding hydrogens is 270 g/mol. The molecule has 1 aliphatic heterocycles. The molecule has 0 atom stereocenters. The van der Waals surface area contributed by atoms with Crippen molar-refractivity contribution in [1.82, 2.24) is 0 Å². The third-order valence-corrected chi connectivity index (χ3v) is 3.31. The molecule has 5 nitrogen and oxygen atoms in total. The summed E-state index contributed by atoms with van der Waals surface area (Å²) in [6.07, 6.45) is 3.17. The predicted octanol–water partition coefficient (Wildman–Crippen LogP) is 2.38. The first-order valence-corrected chi connectivity index (χ1v) is 6.75. The van der Waals surface area contributed by atoms with Crippen LogP contribution in [0.1, 0.15) is 30.9 Å². The highest BCUT2D eigenvalue weighted by atomic mass is 16.4. The Morgan fingerprint density at radius 3 is 2.43 bits per heavy atom. The average Bonchev–Trinajstić information content (AvgIpc) is 2.34. The Morgan fingerprint density at radius 1 is 1.24 bits per heavy atom. The van der Waals surface area contributed by atoms with E-state index in [1.54, 1.807) is 18.2 Å². The highest BCUT2D eigenvalue weighted by Gasteiger charge is 2.31. The fourth-order valence-electron chi connectivity index (χ4n) is 2.46. The van der Waals surface area contributed by atoms with Gasteiger partial charge in [0.05, 0.1) is 5.69 Å². The number of nitrogens with zero attached hydrogens (tertiary/aromatic N) is 1. The van der Waals surface area contributed by atoms with Crippen molar-refractivity contribution in [2.24, 2.45) is 5.92 Å². The molecule has 0 saturated carbocycles. The SMILES string of the molecule is Cc1cc(/C=C/C(=O)O)cc(N2C(=O)CC(C)CC2=O)c1. The molecular formula is C16H17NO4. The van der Waals surface area contributed by atoms with Crippen molar-refractivity contribution in [2.75, 3.05) is 4.90 Å². The monoisotopic (exact) mass is 287 g/mol. The van der Waals surface area contributed by atoms with Gasteiger partial charge in [-0.15, -0.1) is 0 Å². The normalized spacial score (nSPS) is 16.8. The molecule has 0 radical (unpaired) electrons. The first kappa shape index (κ1) is 15.0. The van der Waals surface area contributed by atoms with Crippen LogP contribution in [0.5, 0.6) is 0 Å². The predicted molar refractivity (Wildman–Crippen MR) is 78.7 cm³/mol. The summed E-state index contributed by atoms with van der Waals surface area (Å²) in [5.74, 6) is -1.40. The molecule has 0 unspecified atom stereocenters. The molecule has 2 amide bonds. The van der Waals surface area contributed by atoms with E-state index in [4.69, 9.17) is 5.11 Å². The Balaban J connectivity index is 2.37. The molecule has 1 N–H and O–H groups in total. The maximum absolute atomic E-state index is 12.1. The van der Waals surface area contributed by atoms with E-state index in [0.717, 1.165) is 11.6 Å². The van der Waals surface area contributed by atoms with Crippen LogP contribution in [-0.2, 0) is 14.4 Å². The standard InChI is InChI=1S/C16H17NO4/c1-10-5-12(3-4-16(20)21)9-13(6-10)17-14(18)7-11(2)8-15(17)19/h3-6,9,11H,7-8H2,1-2H3,(H,20,21)/b4-3+. The van der Waals surface area contributed by atoms with Crippen molar-refractivity contribution in [1.29, 1.82) is 0 Å². The van der Waals surface area contributed by atoms with E-state index >= 15 is 0 Å². The summed E-state index contributed by atoms with van der Waals surface area (Å²) in [5, 5.41) is 8.67. The number of carbonyl (C=O) groups excluding carboxylic acids is 2. The number of hydrogen-bond acceptors (Lipinski definition) is 3. The Hall–Kier alpha value is -2.43. The van der Waals surface area contributed by atoms with Crippen molar-refractivity contribution >= 4 is 29.5 Å². The van der Waals surface area contributed by atoms with Crippen molar-refractivity contribution in [3.63, 3.8) is 0 Å². The lowest BCUT2D eigenvalue weighted by molar-refractivity contribution is -0.132. The number of piperidine rings is 1. The average molecular weight is 287 g/mol. The van der Waals surface area contributed by atoms with E-state index in [2.05, 4.69) is 0 Å². The zero-order valence-electron chi connectivity index (χ0n) is 12.0. The lowest BCUT2D eigenvalue weighted by Gasteiger charge is -2.28. The number of anilines is 1. The van der Waals surface area contributed by atoms with E-state index in [1.807, 2.05) is 13.8 Å². The summed E-state index contributed by atoms with van der Waals surface area (Å²) in [4.78, 5) is 36.0. The molecule has 0 aliphatic carbocycles. The summed E-state index contributed by atoms with van der Waals surface area (Å²) in [6, 6.07) is 5.20. The maximum Gasteiger partial charge on any atom is 0.328 e. The Kier molecular flexibility index (Phi) is 4.21. The van der Waals surface area contributed by atoms with Crippen LogP contribution in [0.2, 0.25) is 0 Å². The third-order valence-electron chi connectivity index (χ3n) is 3.31. The van der Waals surface area contributed by atoms with Crippen LogP contribution >= 0.6 is 0 Å². The number of imide groups is 1. The van der Waals surface area contributed by atoms with Gasteiger partial charge < -0.3 is 5.11 Å². The van der Waals surface area contributed by atoms with E-state index in [-0.39, 0.29) is 17.7 Å². The molecule has 1 aromatic carbocycles. The lowest BCUT2D eigenvalue weighted by Crippen LogP contribution is -2.42. The van der Waals surface area contributed by atoms with Crippen molar-refractivity contribution in [2.45, 2.75) is 26.7 Å². The van der Waals surface area contributed by atoms with Gasteiger partial charge in [-0.1, -0.05) is 13.0 Å². The number of carboxylic acids is 1. The lowest BCUT2D eigenvalue weighted by atomic mass is 9.96. The molecule has 0 aromatic heterocycles. The number of benzene rings is 1. The van der Waals surface area contributed by atoms with Gasteiger partial charge in [0.2, 0.25) is 11.8 Å². The van der Waals surface area contributed by atoms with Crippen molar-refractivity contribution < 1.29 is 19.5 Å².